The molecule has 1 N–H and O–H groups in total. The number of nitrogens with zero attached hydrogens (tertiary/aromatic N) is 1. The van der Waals surface area contributed by atoms with Crippen molar-refractivity contribution < 1.29 is 9.59 Å². The quantitative estimate of drug-likeness (QED) is 0.862. The summed E-state index contributed by atoms with van der Waals surface area (Å²) >= 11 is 0. The molecule has 21 heavy (non-hydrogen) atoms. The van der Waals surface area contributed by atoms with E-state index in [4.69, 9.17) is 0 Å². The molecule has 4 nitrogen and oxygen atoms in total. The standard InChI is InChI=1S/C17H22N2O2/c1-14-9-11-19(12-10-14)17(21)13-18-16(20)8-7-15-5-3-2-4-6-15/h2-8,14H,9-13H2,1H3,(H,18,20)/b8-7+. The number of likely N-dealkylation sites (tertiary alicyclic amines) is 1. The monoisotopic (exact) mass is 286 g/mol. The van der Waals surface area contributed by atoms with Crippen molar-refractivity contribution >= 4 is 17.9 Å². The van der Waals surface area contributed by atoms with Gasteiger partial charge < -0.3 is 10.2 Å². The summed E-state index contributed by atoms with van der Waals surface area (Å²) in [5.41, 5.74) is 0.962. The fourth-order valence-corrected chi connectivity index (χ4v) is 2.33. The zero-order valence-corrected chi connectivity index (χ0v) is 12.4. The van der Waals surface area contributed by atoms with Crippen molar-refractivity contribution in [2.24, 2.45) is 5.92 Å². The summed E-state index contributed by atoms with van der Waals surface area (Å²) in [6.07, 6.45) is 5.30. The molecule has 0 spiro atoms. The summed E-state index contributed by atoms with van der Waals surface area (Å²) in [6.45, 7) is 3.88. The van der Waals surface area contributed by atoms with Crippen LogP contribution in [0.25, 0.3) is 6.08 Å². The van der Waals surface area contributed by atoms with Gasteiger partial charge in [-0.15, -0.1) is 0 Å². The zero-order valence-electron chi connectivity index (χ0n) is 12.4. The largest absolute Gasteiger partial charge is 0.343 e. The summed E-state index contributed by atoms with van der Waals surface area (Å²) in [7, 11) is 0. The Balaban J connectivity index is 1.73. The van der Waals surface area contributed by atoms with Crippen LogP contribution in [0, 0.1) is 5.92 Å². The Morgan fingerprint density at radius 1 is 1.24 bits per heavy atom. The lowest BCUT2D eigenvalue weighted by Gasteiger charge is -2.30. The highest BCUT2D eigenvalue weighted by molar-refractivity contribution is 5.94. The van der Waals surface area contributed by atoms with Gasteiger partial charge in [0.15, 0.2) is 0 Å². The van der Waals surface area contributed by atoms with Crippen molar-refractivity contribution in [2.45, 2.75) is 19.8 Å². The van der Waals surface area contributed by atoms with Gasteiger partial charge in [0, 0.05) is 19.2 Å². The molecule has 0 radical (unpaired) electrons. The van der Waals surface area contributed by atoms with Crippen LogP contribution < -0.4 is 5.32 Å². The molecule has 1 heterocycles. The number of rotatable bonds is 4. The number of hydrogen-bond donors (Lipinski definition) is 1. The average molecular weight is 286 g/mol. The summed E-state index contributed by atoms with van der Waals surface area (Å²) in [4.78, 5) is 25.5. The lowest BCUT2D eigenvalue weighted by Crippen LogP contribution is -2.43. The smallest absolute Gasteiger partial charge is 0.244 e. The molecule has 1 fully saturated rings. The molecule has 1 aliphatic rings. The lowest BCUT2D eigenvalue weighted by atomic mass is 9.99. The highest BCUT2D eigenvalue weighted by Crippen LogP contribution is 2.15. The van der Waals surface area contributed by atoms with Gasteiger partial charge in [-0.25, -0.2) is 0 Å². The van der Waals surface area contributed by atoms with Crippen molar-refractivity contribution in [3.63, 3.8) is 0 Å². The zero-order chi connectivity index (χ0) is 15.1. The van der Waals surface area contributed by atoms with Crippen LogP contribution in [0.3, 0.4) is 0 Å². The Kier molecular flexibility index (Phi) is 5.55. The van der Waals surface area contributed by atoms with Gasteiger partial charge in [0.25, 0.3) is 0 Å². The molecular formula is C17H22N2O2. The molecule has 2 amide bonds. The molecule has 0 atom stereocenters. The summed E-state index contributed by atoms with van der Waals surface area (Å²) < 4.78 is 0. The number of carbonyl (C=O) groups excluding carboxylic acids is 2. The topological polar surface area (TPSA) is 49.4 Å². The second-order valence-electron chi connectivity index (χ2n) is 5.53. The first-order chi connectivity index (χ1) is 10.1. The Bertz CT molecular complexity index is 503. The predicted molar refractivity (Wildman–Crippen MR) is 83.5 cm³/mol. The predicted octanol–water partition coefficient (Wildman–Crippen LogP) is 2.07. The van der Waals surface area contributed by atoms with E-state index in [1.54, 1.807) is 6.08 Å². The van der Waals surface area contributed by atoms with E-state index in [1.807, 2.05) is 35.2 Å². The fourth-order valence-electron chi connectivity index (χ4n) is 2.33. The minimum absolute atomic E-state index is 0.00311. The van der Waals surface area contributed by atoms with Crippen molar-refractivity contribution in [2.75, 3.05) is 19.6 Å². The highest BCUT2D eigenvalue weighted by atomic mass is 16.2. The Hall–Kier alpha value is -2.10. The Morgan fingerprint density at radius 3 is 2.57 bits per heavy atom. The van der Waals surface area contributed by atoms with Gasteiger partial charge in [0.05, 0.1) is 6.54 Å². The third kappa shape index (κ3) is 5.06. The van der Waals surface area contributed by atoms with Crippen LogP contribution in [-0.2, 0) is 9.59 Å². The second-order valence-corrected chi connectivity index (χ2v) is 5.53. The van der Waals surface area contributed by atoms with Gasteiger partial charge in [-0.3, -0.25) is 9.59 Å². The number of carbonyl (C=O) groups is 2. The minimum Gasteiger partial charge on any atom is -0.343 e. The molecule has 0 saturated carbocycles. The molecule has 1 saturated heterocycles. The van der Waals surface area contributed by atoms with E-state index >= 15 is 0 Å². The third-order valence-corrected chi connectivity index (χ3v) is 3.78. The highest BCUT2D eigenvalue weighted by Gasteiger charge is 2.19. The van der Waals surface area contributed by atoms with Crippen LogP contribution in [0.2, 0.25) is 0 Å². The first-order valence-electron chi connectivity index (χ1n) is 7.44. The lowest BCUT2D eigenvalue weighted by molar-refractivity contribution is -0.133. The number of piperidine rings is 1. The maximum atomic E-state index is 12.0. The molecule has 1 aromatic carbocycles. The second kappa shape index (κ2) is 7.62. The molecule has 1 aliphatic heterocycles. The van der Waals surface area contributed by atoms with Crippen LogP contribution in [0.4, 0.5) is 0 Å². The van der Waals surface area contributed by atoms with Gasteiger partial charge in [-0.2, -0.15) is 0 Å². The van der Waals surface area contributed by atoms with E-state index in [0.717, 1.165) is 31.5 Å². The van der Waals surface area contributed by atoms with E-state index in [9.17, 15) is 9.59 Å². The van der Waals surface area contributed by atoms with Crippen molar-refractivity contribution in [1.82, 2.24) is 10.2 Å². The van der Waals surface area contributed by atoms with Crippen molar-refractivity contribution in [3.8, 4) is 0 Å². The number of amides is 2. The Morgan fingerprint density at radius 2 is 1.90 bits per heavy atom. The van der Waals surface area contributed by atoms with Gasteiger partial charge in [-0.1, -0.05) is 37.3 Å². The van der Waals surface area contributed by atoms with Gasteiger partial charge in [0.2, 0.25) is 11.8 Å². The molecular weight excluding hydrogens is 264 g/mol. The maximum absolute atomic E-state index is 12.0. The van der Waals surface area contributed by atoms with Crippen molar-refractivity contribution in [3.05, 3.63) is 42.0 Å². The third-order valence-electron chi connectivity index (χ3n) is 3.78. The molecule has 1 aromatic rings. The van der Waals surface area contributed by atoms with Crippen molar-refractivity contribution in [1.29, 1.82) is 0 Å². The Labute approximate surface area is 125 Å². The molecule has 0 aliphatic carbocycles. The number of hydrogen-bond acceptors (Lipinski definition) is 2. The van der Waals surface area contributed by atoms with Crippen LogP contribution in [0.15, 0.2) is 36.4 Å². The van der Waals surface area contributed by atoms with E-state index in [2.05, 4.69) is 12.2 Å². The molecule has 0 unspecified atom stereocenters. The molecule has 4 heteroatoms. The molecule has 112 valence electrons. The van der Waals surface area contributed by atoms with E-state index < -0.39 is 0 Å². The van der Waals surface area contributed by atoms with Crippen LogP contribution in [0.1, 0.15) is 25.3 Å². The molecule has 0 aromatic heterocycles. The van der Waals surface area contributed by atoms with Gasteiger partial charge >= 0.3 is 0 Å². The van der Waals surface area contributed by atoms with Gasteiger partial charge in [0.1, 0.15) is 0 Å². The van der Waals surface area contributed by atoms with E-state index in [0.29, 0.717) is 5.92 Å². The molecule has 0 bridgehead atoms. The summed E-state index contributed by atoms with van der Waals surface area (Å²) in [6, 6.07) is 9.60. The van der Waals surface area contributed by atoms with Gasteiger partial charge in [-0.05, 0) is 30.4 Å². The maximum Gasteiger partial charge on any atom is 0.244 e. The number of nitrogens with one attached hydrogen (secondary N) is 1. The summed E-state index contributed by atoms with van der Waals surface area (Å²) in [5, 5.41) is 2.64. The molecule has 2 rings (SSSR count). The SMILES string of the molecule is CC1CCN(C(=O)CNC(=O)/C=C/c2ccccc2)CC1. The first-order valence-corrected chi connectivity index (χ1v) is 7.44. The normalized spacial score (nSPS) is 16.1. The van der Waals surface area contributed by atoms with Crippen LogP contribution in [0.5, 0.6) is 0 Å². The number of benzene rings is 1. The minimum atomic E-state index is -0.238. The van der Waals surface area contributed by atoms with Crippen LogP contribution >= 0.6 is 0 Å². The fraction of sp³-hybridized carbons (Fsp3) is 0.412. The van der Waals surface area contributed by atoms with E-state index in [-0.39, 0.29) is 18.4 Å². The van der Waals surface area contributed by atoms with E-state index in [1.165, 1.54) is 6.08 Å². The first kappa shape index (κ1) is 15.3. The average Bonchev–Trinajstić information content (AvgIpc) is 2.52. The van der Waals surface area contributed by atoms with Crippen LogP contribution in [-0.4, -0.2) is 36.3 Å². The summed E-state index contributed by atoms with van der Waals surface area (Å²) in [5.74, 6) is 0.457.